The van der Waals surface area contributed by atoms with Crippen molar-refractivity contribution >= 4 is 38.8 Å². The predicted octanol–water partition coefficient (Wildman–Crippen LogP) is 5.77. The number of nitrogens with zero attached hydrogens (tertiary/aromatic N) is 2. The van der Waals surface area contributed by atoms with Gasteiger partial charge in [0.2, 0.25) is 0 Å². The van der Waals surface area contributed by atoms with E-state index in [1.165, 1.54) is 0 Å². The summed E-state index contributed by atoms with van der Waals surface area (Å²) < 4.78 is 3.19. The fourth-order valence-corrected chi connectivity index (χ4v) is 3.87. The monoisotopic (exact) mass is 445 g/mol. The Kier molecular flexibility index (Phi) is 5.32. The number of halogens is 1. The highest BCUT2D eigenvalue weighted by atomic mass is 79.9. The first-order valence-corrected chi connectivity index (χ1v) is 10.1. The van der Waals surface area contributed by atoms with Crippen LogP contribution in [0, 0.1) is 13.8 Å². The molecule has 1 N–H and O–H groups in total. The summed E-state index contributed by atoms with van der Waals surface area (Å²) in [5.41, 5.74) is 7.41. The molecule has 0 unspecified atom stereocenters. The van der Waals surface area contributed by atoms with Gasteiger partial charge in [-0.25, -0.2) is 5.43 Å². The molecule has 3 aromatic carbocycles. The van der Waals surface area contributed by atoms with Crippen molar-refractivity contribution < 1.29 is 4.79 Å². The molecule has 0 aliphatic carbocycles. The SMILES string of the molecule is Cc1cc(/C=N/NC(=O)c2ccc3ccccc3c2)c(C)n1-c1cccc(Br)c1. The summed E-state index contributed by atoms with van der Waals surface area (Å²) >= 11 is 3.52. The molecule has 1 heterocycles. The molecule has 4 aromatic rings. The van der Waals surface area contributed by atoms with E-state index in [2.05, 4.69) is 56.1 Å². The summed E-state index contributed by atoms with van der Waals surface area (Å²) in [7, 11) is 0. The summed E-state index contributed by atoms with van der Waals surface area (Å²) in [6, 6.07) is 23.8. The molecule has 29 heavy (non-hydrogen) atoms. The molecule has 144 valence electrons. The van der Waals surface area contributed by atoms with Crippen LogP contribution in [-0.4, -0.2) is 16.7 Å². The predicted molar refractivity (Wildman–Crippen MR) is 122 cm³/mol. The van der Waals surface area contributed by atoms with Gasteiger partial charge in [0.1, 0.15) is 0 Å². The lowest BCUT2D eigenvalue weighted by molar-refractivity contribution is 0.0955. The van der Waals surface area contributed by atoms with Gasteiger partial charge in [-0.2, -0.15) is 5.10 Å². The number of benzene rings is 3. The quantitative estimate of drug-likeness (QED) is 0.314. The molecule has 0 saturated carbocycles. The van der Waals surface area contributed by atoms with E-state index in [1.807, 2.05) is 61.5 Å². The molecule has 4 nitrogen and oxygen atoms in total. The molecule has 0 aliphatic heterocycles. The Balaban J connectivity index is 1.53. The van der Waals surface area contributed by atoms with Gasteiger partial charge in [-0.1, -0.05) is 52.3 Å². The third-order valence-electron chi connectivity index (χ3n) is 4.92. The van der Waals surface area contributed by atoms with E-state index in [4.69, 9.17) is 0 Å². The molecule has 1 aromatic heterocycles. The number of carbonyl (C=O) groups is 1. The number of rotatable bonds is 4. The van der Waals surface area contributed by atoms with Crippen molar-refractivity contribution in [1.82, 2.24) is 9.99 Å². The number of carbonyl (C=O) groups excluding carboxylic acids is 1. The highest BCUT2D eigenvalue weighted by Crippen LogP contribution is 2.22. The second-order valence-electron chi connectivity index (χ2n) is 6.90. The number of fused-ring (bicyclic) bond motifs is 1. The van der Waals surface area contributed by atoms with Crippen LogP contribution in [0.1, 0.15) is 27.3 Å². The maximum atomic E-state index is 12.5. The third kappa shape index (κ3) is 4.00. The van der Waals surface area contributed by atoms with Crippen molar-refractivity contribution in [1.29, 1.82) is 0 Å². The minimum Gasteiger partial charge on any atom is -0.318 e. The summed E-state index contributed by atoms with van der Waals surface area (Å²) in [5, 5.41) is 6.31. The van der Waals surface area contributed by atoms with Crippen molar-refractivity contribution in [3.05, 3.63) is 99.8 Å². The molecular weight excluding hydrogens is 426 g/mol. The zero-order valence-corrected chi connectivity index (χ0v) is 17.8. The summed E-state index contributed by atoms with van der Waals surface area (Å²) in [4.78, 5) is 12.5. The molecule has 4 rings (SSSR count). The lowest BCUT2D eigenvalue weighted by Crippen LogP contribution is -2.17. The van der Waals surface area contributed by atoms with Crippen LogP contribution in [0.4, 0.5) is 0 Å². The Morgan fingerprint density at radius 2 is 1.76 bits per heavy atom. The maximum absolute atomic E-state index is 12.5. The number of hydrogen-bond acceptors (Lipinski definition) is 2. The van der Waals surface area contributed by atoms with Crippen LogP contribution in [0.5, 0.6) is 0 Å². The molecule has 0 atom stereocenters. The van der Waals surface area contributed by atoms with E-state index >= 15 is 0 Å². The van der Waals surface area contributed by atoms with Crippen molar-refractivity contribution in [3.63, 3.8) is 0 Å². The van der Waals surface area contributed by atoms with Gasteiger partial charge >= 0.3 is 0 Å². The van der Waals surface area contributed by atoms with E-state index in [-0.39, 0.29) is 5.91 Å². The zero-order valence-electron chi connectivity index (χ0n) is 16.2. The van der Waals surface area contributed by atoms with Gasteiger partial charge in [0.25, 0.3) is 5.91 Å². The normalized spacial score (nSPS) is 11.3. The first-order valence-electron chi connectivity index (χ1n) is 9.30. The third-order valence-corrected chi connectivity index (χ3v) is 5.41. The second kappa shape index (κ2) is 8.05. The average molecular weight is 446 g/mol. The Hall–Kier alpha value is -3.18. The van der Waals surface area contributed by atoms with E-state index in [0.717, 1.165) is 37.9 Å². The topological polar surface area (TPSA) is 46.4 Å². The number of amides is 1. The highest BCUT2D eigenvalue weighted by Gasteiger charge is 2.10. The lowest BCUT2D eigenvalue weighted by atomic mass is 10.1. The zero-order chi connectivity index (χ0) is 20.4. The fraction of sp³-hybridized carbons (Fsp3) is 0.0833. The van der Waals surface area contributed by atoms with Crippen molar-refractivity contribution in [2.45, 2.75) is 13.8 Å². The highest BCUT2D eigenvalue weighted by molar-refractivity contribution is 9.10. The summed E-state index contributed by atoms with van der Waals surface area (Å²) in [5.74, 6) is -0.229. The number of aryl methyl sites for hydroxylation is 1. The van der Waals surface area contributed by atoms with Crippen molar-refractivity contribution in [2.75, 3.05) is 0 Å². The van der Waals surface area contributed by atoms with Gasteiger partial charge in [0, 0.05) is 32.7 Å². The van der Waals surface area contributed by atoms with Crippen molar-refractivity contribution in [2.24, 2.45) is 5.10 Å². The lowest BCUT2D eigenvalue weighted by Gasteiger charge is -2.09. The summed E-state index contributed by atoms with van der Waals surface area (Å²) in [6.07, 6.45) is 1.69. The average Bonchev–Trinajstić information content (AvgIpc) is 3.00. The van der Waals surface area contributed by atoms with Gasteiger partial charge in [-0.05, 0) is 61.0 Å². The number of aromatic nitrogens is 1. The number of hydrogen-bond donors (Lipinski definition) is 1. The molecule has 0 aliphatic rings. The van der Waals surface area contributed by atoms with E-state index in [1.54, 1.807) is 6.21 Å². The van der Waals surface area contributed by atoms with Crippen LogP contribution in [0.15, 0.2) is 82.4 Å². The minimum absolute atomic E-state index is 0.229. The second-order valence-corrected chi connectivity index (χ2v) is 7.82. The first-order chi connectivity index (χ1) is 14.0. The molecule has 0 saturated heterocycles. The van der Waals surface area contributed by atoms with Crippen molar-refractivity contribution in [3.8, 4) is 5.69 Å². The van der Waals surface area contributed by atoms with Crippen LogP contribution in [0.3, 0.4) is 0 Å². The van der Waals surface area contributed by atoms with Gasteiger partial charge in [-0.3, -0.25) is 4.79 Å². The van der Waals surface area contributed by atoms with Crippen LogP contribution in [0.2, 0.25) is 0 Å². The Morgan fingerprint density at radius 1 is 0.966 bits per heavy atom. The Labute approximate surface area is 178 Å². The smallest absolute Gasteiger partial charge is 0.271 e. The largest absolute Gasteiger partial charge is 0.318 e. The molecule has 5 heteroatoms. The molecule has 0 radical (unpaired) electrons. The Bertz CT molecular complexity index is 1240. The summed E-state index contributed by atoms with van der Waals surface area (Å²) in [6.45, 7) is 4.10. The van der Waals surface area contributed by atoms with Crippen LogP contribution >= 0.6 is 15.9 Å². The van der Waals surface area contributed by atoms with E-state index < -0.39 is 0 Å². The van der Waals surface area contributed by atoms with Crippen LogP contribution in [0.25, 0.3) is 16.5 Å². The van der Waals surface area contributed by atoms with Gasteiger partial charge in [-0.15, -0.1) is 0 Å². The van der Waals surface area contributed by atoms with Gasteiger partial charge < -0.3 is 4.57 Å². The molecular formula is C24H20BrN3O. The molecule has 0 spiro atoms. The van der Waals surface area contributed by atoms with Gasteiger partial charge in [0.15, 0.2) is 0 Å². The minimum atomic E-state index is -0.229. The van der Waals surface area contributed by atoms with E-state index in [0.29, 0.717) is 5.56 Å². The van der Waals surface area contributed by atoms with E-state index in [9.17, 15) is 4.79 Å². The van der Waals surface area contributed by atoms with Crippen LogP contribution < -0.4 is 5.43 Å². The number of nitrogens with one attached hydrogen (secondary N) is 1. The standard InChI is InChI=1S/C24H20BrN3O/c1-16-12-21(17(2)28(16)23-9-5-8-22(25)14-23)15-26-27-24(29)20-11-10-18-6-3-4-7-19(18)13-20/h3-15H,1-2H3,(H,27,29)/b26-15+. The first kappa shape index (κ1) is 19.2. The Morgan fingerprint density at radius 3 is 2.55 bits per heavy atom. The molecule has 0 fully saturated rings. The van der Waals surface area contributed by atoms with Gasteiger partial charge in [0.05, 0.1) is 6.21 Å². The fourth-order valence-electron chi connectivity index (χ4n) is 3.49. The number of hydrazone groups is 1. The van der Waals surface area contributed by atoms with Crippen LogP contribution in [-0.2, 0) is 0 Å². The maximum Gasteiger partial charge on any atom is 0.271 e. The molecule has 0 bridgehead atoms. The molecule has 1 amide bonds.